The number of nitrogens with one attached hydrogen (secondary N) is 1. The minimum Gasteiger partial charge on any atom is -0.481 e. The van der Waals surface area contributed by atoms with Crippen LogP contribution in [0, 0.1) is 5.82 Å². The van der Waals surface area contributed by atoms with E-state index in [1.54, 1.807) is 31.5 Å². The Bertz CT molecular complexity index is 1160. The molecule has 0 fully saturated rings. The molecule has 0 unspecified atom stereocenters. The van der Waals surface area contributed by atoms with E-state index in [4.69, 9.17) is 25.8 Å². The van der Waals surface area contributed by atoms with Gasteiger partial charge in [-0.1, -0.05) is 11.6 Å². The van der Waals surface area contributed by atoms with Crippen molar-refractivity contribution >= 4 is 40.1 Å². The van der Waals surface area contributed by atoms with Gasteiger partial charge in [0.05, 0.1) is 29.9 Å². The van der Waals surface area contributed by atoms with Crippen LogP contribution in [0.2, 0.25) is 5.02 Å². The molecule has 10 heteroatoms. The summed E-state index contributed by atoms with van der Waals surface area (Å²) in [4.78, 5) is 22.6. The van der Waals surface area contributed by atoms with Gasteiger partial charge in [0.25, 0.3) is 0 Å². The number of fused-ring (bicyclic) bond motifs is 1. The second-order valence-corrected chi connectivity index (χ2v) is 9.10. The maximum absolute atomic E-state index is 13.8. The van der Waals surface area contributed by atoms with E-state index in [2.05, 4.69) is 15.3 Å². The highest BCUT2D eigenvalue weighted by Crippen LogP contribution is 2.33. The third-order valence-corrected chi connectivity index (χ3v) is 5.13. The number of alkyl carbamates (subject to hydrolysis) is 1. The Morgan fingerprint density at radius 3 is 2.69 bits per heavy atom. The van der Waals surface area contributed by atoms with Crippen molar-refractivity contribution in [3.63, 3.8) is 0 Å². The predicted molar refractivity (Wildman–Crippen MR) is 134 cm³/mol. The Hall–Kier alpha value is -3.17. The lowest BCUT2D eigenvalue weighted by molar-refractivity contribution is 0.0520. The summed E-state index contributed by atoms with van der Waals surface area (Å²) in [6, 6.07) is 9.94. The molecule has 0 bridgehead atoms. The van der Waals surface area contributed by atoms with Gasteiger partial charge in [-0.2, -0.15) is 0 Å². The van der Waals surface area contributed by atoms with Crippen LogP contribution in [0.1, 0.15) is 27.2 Å². The van der Waals surface area contributed by atoms with Gasteiger partial charge in [0.2, 0.25) is 5.88 Å². The fourth-order valence-electron chi connectivity index (χ4n) is 3.30. The van der Waals surface area contributed by atoms with Gasteiger partial charge in [-0.3, -0.25) is 4.98 Å². The molecule has 188 valence electrons. The number of pyridine rings is 2. The van der Waals surface area contributed by atoms with Crippen LogP contribution in [-0.2, 0) is 9.47 Å². The quantitative estimate of drug-likeness (QED) is 0.365. The number of methoxy groups -OCH3 is 1. The molecule has 1 N–H and O–H groups in total. The highest BCUT2D eigenvalue weighted by Gasteiger charge is 2.17. The number of hydrogen-bond acceptors (Lipinski definition) is 7. The van der Waals surface area contributed by atoms with Crippen LogP contribution < -0.4 is 15.0 Å². The smallest absolute Gasteiger partial charge is 0.407 e. The van der Waals surface area contributed by atoms with E-state index in [0.717, 1.165) is 5.69 Å². The number of nitrogens with zero attached hydrogens (tertiary/aromatic N) is 3. The zero-order valence-electron chi connectivity index (χ0n) is 20.3. The summed E-state index contributed by atoms with van der Waals surface area (Å²) in [6.45, 7) is 7.13. The Balaban J connectivity index is 1.68. The number of rotatable bonds is 10. The average molecular weight is 505 g/mol. The number of ether oxygens (including phenoxy) is 3. The van der Waals surface area contributed by atoms with E-state index in [-0.39, 0.29) is 5.02 Å². The molecule has 1 aromatic carbocycles. The highest BCUT2D eigenvalue weighted by molar-refractivity contribution is 6.31. The number of carbonyl (C=O) groups is 1. The number of amides is 1. The minimum absolute atomic E-state index is 0.0190. The predicted octanol–water partition coefficient (Wildman–Crippen LogP) is 5.50. The van der Waals surface area contributed by atoms with Gasteiger partial charge in [0.1, 0.15) is 16.9 Å². The van der Waals surface area contributed by atoms with Crippen molar-refractivity contribution in [2.75, 3.05) is 38.3 Å². The molecule has 0 saturated carbocycles. The van der Waals surface area contributed by atoms with Gasteiger partial charge < -0.3 is 24.4 Å². The van der Waals surface area contributed by atoms with Gasteiger partial charge in [0, 0.05) is 37.6 Å². The van der Waals surface area contributed by atoms with Crippen molar-refractivity contribution in [3.8, 4) is 5.88 Å². The Labute approximate surface area is 209 Å². The molecule has 0 aliphatic carbocycles. The highest BCUT2D eigenvalue weighted by atomic mass is 35.5. The van der Waals surface area contributed by atoms with Gasteiger partial charge in [-0.05, 0) is 57.5 Å². The lowest BCUT2D eigenvalue weighted by atomic mass is 10.2. The normalized spacial score (nSPS) is 11.4. The molecule has 3 aromatic rings. The summed E-state index contributed by atoms with van der Waals surface area (Å²) in [5.74, 6) is -0.0407. The molecule has 0 atom stereocenters. The van der Waals surface area contributed by atoms with E-state index >= 15 is 0 Å². The molecule has 1 amide bonds. The van der Waals surface area contributed by atoms with Crippen molar-refractivity contribution in [3.05, 3.63) is 53.4 Å². The summed E-state index contributed by atoms with van der Waals surface area (Å²) < 4.78 is 30.1. The standard InChI is InChI=1S/C25H30ClFN4O4/c1-25(2,3)35-24(32)29-11-5-14-34-15-13-31(17-6-7-19(27)18(26)16-17)21-10-12-28-20-8-9-22(33-4)30-23(20)21/h6-10,12,16H,5,11,13-15H2,1-4H3,(H,29,32). The van der Waals surface area contributed by atoms with Crippen LogP contribution in [0.15, 0.2) is 42.6 Å². The van der Waals surface area contributed by atoms with Crippen molar-refractivity contribution in [2.24, 2.45) is 0 Å². The first-order valence-corrected chi connectivity index (χ1v) is 11.6. The Kier molecular flexibility index (Phi) is 9.06. The average Bonchev–Trinajstić information content (AvgIpc) is 2.81. The molecular formula is C25H30ClFN4O4. The molecule has 0 aliphatic rings. The SMILES string of the molecule is COc1ccc2nccc(N(CCOCCCNC(=O)OC(C)(C)C)c3ccc(F)c(Cl)c3)c2n1. The molecular weight excluding hydrogens is 475 g/mol. The summed E-state index contributed by atoms with van der Waals surface area (Å²) in [5.41, 5.74) is 2.23. The molecule has 0 spiro atoms. The fraction of sp³-hybridized carbons (Fsp3) is 0.400. The Morgan fingerprint density at radius 2 is 1.97 bits per heavy atom. The molecule has 8 nitrogen and oxygen atoms in total. The van der Waals surface area contributed by atoms with E-state index in [0.29, 0.717) is 55.3 Å². The number of carbonyl (C=O) groups excluding carboxylic acids is 1. The van der Waals surface area contributed by atoms with Crippen LogP contribution in [-0.4, -0.2) is 55.1 Å². The van der Waals surface area contributed by atoms with Crippen LogP contribution in [0.5, 0.6) is 5.88 Å². The lowest BCUT2D eigenvalue weighted by Crippen LogP contribution is -2.33. The zero-order valence-corrected chi connectivity index (χ0v) is 21.1. The molecule has 0 aliphatic heterocycles. The number of anilines is 2. The maximum Gasteiger partial charge on any atom is 0.407 e. The number of hydrogen-bond donors (Lipinski definition) is 1. The van der Waals surface area contributed by atoms with E-state index in [1.165, 1.54) is 6.07 Å². The molecule has 2 heterocycles. The summed E-state index contributed by atoms with van der Waals surface area (Å²) in [7, 11) is 1.55. The number of aromatic nitrogens is 2. The first-order chi connectivity index (χ1) is 16.7. The fourth-order valence-corrected chi connectivity index (χ4v) is 3.48. The van der Waals surface area contributed by atoms with E-state index in [1.807, 2.05) is 37.8 Å². The van der Waals surface area contributed by atoms with Crippen LogP contribution in [0.25, 0.3) is 11.0 Å². The largest absolute Gasteiger partial charge is 0.481 e. The van der Waals surface area contributed by atoms with Crippen LogP contribution >= 0.6 is 11.6 Å². The van der Waals surface area contributed by atoms with Crippen molar-refractivity contribution in [1.82, 2.24) is 15.3 Å². The van der Waals surface area contributed by atoms with E-state index in [9.17, 15) is 9.18 Å². The summed E-state index contributed by atoms with van der Waals surface area (Å²) in [5, 5.41) is 2.72. The van der Waals surface area contributed by atoms with Gasteiger partial charge >= 0.3 is 6.09 Å². The van der Waals surface area contributed by atoms with E-state index < -0.39 is 17.5 Å². The monoisotopic (exact) mass is 504 g/mol. The maximum atomic E-state index is 13.8. The second kappa shape index (κ2) is 12.0. The number of halogens is 2. The molecule has 35 heavy (non-hydrogen) atoms. The molecule has 3 rings (SSSR count). The van der Waals surface area contributed by atoms with Gasteiger partial charge in [-0.15, -0.1) is 0 Å². The third kappa shape index (κ3) is 7.66. The summed E-state index contributed by atoms with van der Waals surface area (Å²) in [6.07, 6.45) is 1.86. The molecule has 0 saturated heterocycles. The number of benzene rings is 1. The molecule has 2 aromatic heterocycles. The zero-order chi connectivity index (χ0) is 25.4. The van der Waals surface area contributed by atoms with Gasteiger partial charge in [0.15, 0.2) is 0 Å². The van der Waals surface area contributed by atoms with Crippen LogP contribution in [0.3, 0.4) is 0 Å². The summed E-state index contributed by atoms with van der Waals surface area (Å²) >= 11 is 6.07. The van der Waals surface area contributed by atoms with Gasteiger partial charge in [-0.25, -0.2) is 14.2 Å². The second-order valence-electron chi connectivity index (χ2n) is 8.70. The third-order valence-electron chi connectivity index (χ3n) is 4.84. The minimum atomic E-state index is -0.538. The topological polar surface area (TPSA) is 85.8 Å². The first kappa shape index (κ1) is 26.4. The lowest BCUT2D eigenvalue weighted by Gasteiger charge is -2.26. The Morgan fingerprint density at radius 1 is 1.17 bits per heavy atom. The van der Waals surface area contributed by atoms with Crippen molar-refractivity contribution in [2.45, 2.75) is 32.8 Å². The van der Waals surface area contributed by atoms with Crippen LogP contribution in [0.4, 0.5) is 20.6 Å². The molecule has 0 radical (unpaired) electrons. The van der Waals surface area contributed by atoms with Crippen molar-refractivity contribution in [1.29, 1.82) is 0 Å². The van der Waals surface area contributed by atoms with Crippen molar-refractivity contribution < 1.29 is 23.4 Å². The first-order valence-electron chi connectivity index (χ1n) is 11.2.